The van der Waals surface area contributed by atoms with Crippen LogP contribution in [0.1, 0.15) is 47.8 Å². The van der Waals surface area contributed by atoms with Crippen molar-refractivity contribution in [2.24, 2.45) is 5.41 Å². The molecule has 0 aliphatic heterocycles. The summed E-state index contributed by atoms with van der Waals surface area (Å²) in [7, 11) is 0. The van der Waals surface area contributed by atoms with Gasteiger partial charge in [0, 0.05) is 6.54 Å². The fourth-order valence-corrected chi connectivity index (χ4v) is 2.10. The number of aromatic nitrogens is 2. The van der Waals surface area contributed by atoms with Crippen molar-refractivity contribution in [1.82, 2.24) is 10.2 Å². The first-order chi connectivity index (χ1) is 8.49. The van der Waals surface area contributed by atoms with Gasteiger partial charge in [0.2, 0.25) is 0 Å². The van der Waals surface area contributed by atoms with E-state index in [4.69, 9.17) is 0 Å². The van der Waals surface area contributed by atoms with Gasteiger partial charge in [-0.15, -0.1) is 5.10 Å². The molecule has 1 fully saturated rings. The van der Waals surface area contributed by atoms with Gasteiger partial charge in [-0.3, -0.25) is 0 Å². The third-order valence-electron chi connectivity index (χ3n) is 4.01. The molecule has 5 heteroatoms. The van der Waals surface area contributed by atoms with Crippen LogP contribution < -0.4 is 5.32 Å². The largest absolute Gasteiger partial charge is 0.478 e. The Morgan fingerprint density at radius 3 is 2.56 bits per heavy atom. The molecule has 1 aromatic heterocycles. The summed E-state index contributed by atoms with van der Waals surface area (Å²) < 4.78 is 0. The molecule has 1 aliphatic carbocycles. The molecular formula is C13H19N3O2. The van der Waals surface area contributed by atoms with E-state index in [0.29, 0.717) is 22.5 Å². The minimum Gasteiger partial charge on any atom is -0.478 e. The first-order valence-corrected chi connectivity index (χ1v) is 6.30. The fourth-order valence-electron chi connectivity index (χ4n) is 2.10. The van der Waals surface area contributed by atoms with Gasteiger partial charge in [-0.1, -0.05) is 6.92 Å². The zero-order valence-electron chi connectivity index (χ0n) is 11.1. The van der Waals surface area contributed by atoms with Crippen LogP contribution in [0.15, 0.2) is 0 Å². The van der Waals surface area contributed by atoms with Crippen molar-refractivity contribution in [2.75, 3.05) is 11.9 Å². The van der Waals surface area contributed by atoms with Crippen LogP contribution >= 0.6 is 0 Å². The molecule has 1 aliphatic rings. The Morgan fingerprint density at radius 1 is 1.39 bits per heavy atom. The number of aryl methyl sites for hydroxylation is 1. The molecule has 98 valence electrons. The minimum atomic E-state index is -0.950. The number of carboxylic acid groups (broad SMARTS) is 1. The lowest BCUT2D eigenvalue weighted by Crippen LogP contribution is -2.19. The summed E-state index contributed by atoms with van der Waals surface area (Å²) in [6.45, 7) is 6.48. The summed E-state index contributed by atoms with van der Waals surface area (Å²) in [5.74, 6) is -0.556. The zero-order chi connectivity index (χ0) is 13.3. The first-order valence-electron chi connectivity index (χ1n) is 6.30. The van der Waals surface area contributed by atoms with Gasteiger partial charge >= 0.3 is 5.97 Å². The number of nitrogens with one attached hydrogen (secondary N) is 1. The van der Waals surface area contributed by atoms with Gasteiger partial charge in [0.1, 0.15) is 5.56 Å². The second-order valence-corrected chi connectivity index (χ2v) is 5.15. The highest BCUT2D eigenvalue weighted by Crippen LogP contribution is 2.48. The number of anilines is 1. The second kappa shape index (κ2) is 4.55. The van der Waals surface area contributed by atoms with Gasteiger partial charge in [-0.2, -0.15) is 5.10 Å². The third kappa shape index (κ3) is 2.30. The van der Waals surface area contributed by atoms with Crippen LogP contribution in [0.3, 0.4) is 0 Å². The molecule has 0 unspecified atom stereocenters. The second-order valence-electron chi connectivity index (χ2n) is 5.15. The maximum atomic E-state index is 11.3. The Kier molecular flexibility index (Phi) is 3.24. The molecule has 18 heavy (non-hydrogen) atoms. The summed E-state index contributed by atoms with van der Waals surface area (Å²) >= 11 is 0. The van der Waals surface area contributed by atoms with Crippen molar-refractivity contribution in [3.8, 4) is 0 Å². The van der Waals surface area contributed by atoms with Gasteiger partial charge in [0.15, 0.2) is 5.82 Å². The molecule has 5 nitrogen and oxygen atoms in total. The van der Waals surface area contributed by atoms with Gasteiger partial charge in [-0.05, 0) is 44.1 Å². The molecule has 1 aromatic rings. The van der Waals surface area contributed by atoms with Gasteiger partial charge in [0.05, 0.1) is 5.69 Å². The molecule has 2 rings (SSSR count). The Labute approximate surface area is 107 Å². The average Bonchev–Trinajstić information content (AvgIpc) is 3.11. The Bertz CT molecular complexity index is 481. The standard InChI is InChI=1S/C13H19N3O2/c1-4-13(5-6-13)7-14-11-10(12(17)18)8(2)9(3)15-16-11/h4-7H2,1-3H3,(H,14,16)(H,17,18). The molecule has 2 N–H and O–H groups in total. The number of carboxylic acids is 1. The molecule has 0 saturated heterocycles. The van der Waals surface area contributed by atoms with Crippen molar-refractivity contribution in [2.45, 2.75) is 40.0 Å². The van der Waals surface area contributed by atoms with Crippen LogP contribution in [0.4, 0.5) is 5.82 Å². The Morgan fingerprint density at radius 2 is 2.06 bits per heavy atom. The van der Waals surface area contributed by atoms with E-state index in [0.717, 1.165) is 13.0 Å². The first kappa shape index (κ1) is 12.8. The number of hydrogen-bond donors (Lipinski definition) is 2. The lowest BCUT2D eigenvalue weighted by molar-refractivity contribution is 0.0696. The Balaban J connectivity index is 2.22. The van der Waals surface area contributed by atoms with Gasteiger partial charge < -0.3 is 10.4 Å². The minimum absolute atomic E-state index is 0.245. The van der Waals surface area contributed by atoms with E-state index in [1.807, 2.05) is 0 Å². The molecule has 1 heterocycles. The van der Waals surface area contributed by atoms with Crippen molar-refractivity contribution >= 4 is 11.8 Å². The fraction of sp³-hybridized carbons (Fsp3) is 0.615. The molecule has 0 aromatic carbocycles. The number of aromatic carboxylic acids is 1. The van der Waals surface area contributed by atoms with Crippen molar-refractivity contribution in [3.63, 3.8) is 0 Å². The monoisotopic (exact) mass is 249 g/mol. The van der Waals surface area contributed by atoms with Crippen LogP contribution in [-0.2, 0) is 0 Å². The van der Waals surface area contributed by atoms with Crippen LogP contribution in [0, 0.1) is 19.3 Å². The number of rotatable bonds is 5. The van der Waals surface area contributed by atoms with Crippen LogP contribution in [0.25, 0.3) is 0 Å². The van der Waals surface area contributed by atoms with Crippen LogP contribution in [0.5, 0.6) is 0 Å². The average molecular weight is 249 g/mol. The van der Waals surface area contributed by atoms with E-state index in [-0.39, 0.29) is 5.56 Å². The van der Waals surface area contributed by atoms with E-state index in [9.17, 15) is 9.90 Å². The quantitative estimate of drug-likeness (QED) is 0.838. The van der Waals surface area contributed by atoms with Gasteiger partial charge in [-0.25, -0.2) is 4.79 Å². The maximum absolute atomic E-state index is 11.3. The highest BCUT2D eigenvalue weighted by Gasteiger charge is 2.40. The summed E-state index contributed by atoms with van der Waals surface area (Å²) in [6.07, 6.45) is 3.52. The molecule has 0 bridgehead atoms. The van der Waals surface area contributed by atoms with Crippen molar-refractivity contribution in [3.05, 3.63) is 16.8 Å². The van der Waals surface area contributed by atoms with Gasteiger partial charge in [0.25, 0.3) is 0 Å². The van der Waals surface area contributed by atoms with Crippen molar-refractivity contribution < 1.29 is 9.90 Å². The van der Waals surface area contributed by atoms with Crippen molar-refractivity contribution in [1.29, 1.82) is 0 Å². The predicted octanol–water partition coefficient (Wildman–Crippen LogP) is 2.39. The van der Waals surface area contributed by atoms with E-state index in [1.165, 1.54) is 12.8 Å². The predicted molar refractivity (Wildman–Crippen MR) is 68.9 cm³/mol. The normalized spacial score (nSPS) is 16.4. The highest BCUT2D eigenvalue weighted by molar-refractivity contribution is 5.94. The summed E-state index contributed by atoms with van der Waals surface area (Å²) in [5, 5.41) is 20.4. The van der Waals surface area contributed by atoms with E-state index in [2.05, 4.69) is 22.4 Å². The highest BCUT2D eigenvalue weighted by atomic mass is 16.4. The third-order valence-corrected chi connectivity index (χ3v) is 4.01. The molecule has 0 atom stereocenters. The molecule has 0 radical (unpaired) electrons. The van der Waals surface area contributed by atoms with E-state index >= 15 is 0 Å². The molecule has 1 saturated carbocycles. The summed E-state index contributed by atoms with van der Waals surface area (Å²) in [4.78, 5) is 11.3. The Hall–Kier alpha value is -1.65. The number of nitrogens with zero attached hydrogens (tertiary/aromatic N) is 2. The summed E-state index contributed by atoms with van der Waals surface area (Å²) in [6, 6.07) is 0. The van der Waals surface area contributed by atoms with E-state index in [1.54, 1.807) is 13.8 Å². The number of hydrogen-bond acceptors (Lipinski definition) is 4. The topological polar surface area (TPSA) is 75.1 Å². The lowest BCUT2D eigenvalue weighted by atomic mass is 10.0. The lowest BCUT2D eigenvalue weighted by Gasteiger charge is -2.16. The molecule has 0 spiro atoms. The SMILES string of the molecule is CCC1(CNc2nnc(C)c(C)c2C(=O)O)CC1. The number of carbonyl (C=O) groups is 1. The molecular weight excluding hydrogens is 230 g/mol. The summed E-state index contributed by atoms with van der Waals surface area (Å²) in [5.41, 5.74) is 1.93. The van der Waals surface area contributed by atoms with Crippen LogP contribution in [0.2, 0.25) is 0 Å². The maximum Gasteiger partial charge on any atom is 0.339 e. The molecule has 0 amide bonds. The van der Waals surface area contributed by atoms with E-state index < -0.39 is 5.97 Å². The zero-order valence-corrected chi connectivity index (χ0v) is 11.1. The van der Waals surface area contributed by atoms with Crippen LogP contribution in [-0.4, -0.2) is 27.8 Å². The smallest absolute Gasteiger partial charge is 0.339 e.